The number of nitrogens with zero attached hydrogens (tertiary/aromatic N) is 1. The molecule has 7 heteroatoms. The highest BCUT2D eigenvalue weighted by atomic mass is 32.2. The predicted octanol–water partition coefficient (Wildman–Crippen LogP) is 0.778. The number of carbonyl (C=O) groups excluding carboxylic acids is 1. The molecule has 1 N–H and O–H groups in total. The first-order valence-electron chi connectivity index (χ1n) is 7.91. The lowest BCUT2D eigenvalue weighted by molar-refractivity contribution is -0.126. The van der Waals surface area contributed by atoms with Crippen molar-refractivity contribution < 1.29 is 17.9 Å². The van der Waals surface area contributed by atoms with Crippen LogP contribution in [0.25, 0.3) is 0 Å². The summed E-state index contributed by atoms with van der Waals surface area (Å²) in [5, 5.41) is 2.92. The molecular weight excluding hydrogens is 316 g/mol. The third kappa shape index (κ3) is 3.84. The molecule has 6 nitrogen and oxygen atoms in total. The van der Waals surface area contributed by atoms with E-state index in [4.69, 9.17) is 4.74 Å². The van der Waals surface area contributed by atoms with E-state index in [1.165, 1.54) is 10.6 Å². The van der Waals surface area contributed by atoms with E-state index in [2.05, 4.69) is 5.32 Å². The molecule has 1 aromatic rings. The van der Waals surface area contributed by atoms with Crippen LogP contribution in [0.5, 0.6) is 5.75 Å². The molecule has 2 aliphatic rings. The number of rotatable bonds is 4. The Kier molecular flexibility index (Phi) is 4.59. The van der Waals surface area contributed by atoms with Gasteiger partial charge in [0.2, 0.25) is 15.9 Å². The van der Waals surface area contributed by atoms with Crippen LogP contribution in [0.4, 0.5) is 0 Å². The Morgan fingerprint density at radius 1 is 1.39 bits per heavy atom. The molecule has 2 atom stereocenters. The van der Waals surface area contributed by atoms with Gasteiger partial charge in [0.1, 0.15) is 11.9 Å². The monoisotopic (exact) mass is 338 g/mol. The van der Waals surface area contributed by atoms with Gasteiger partial charge >= 0.3 is 0 Å². The molecule has 126 valence electrons. The van der Waals surface area contributed by atoms with Crippen LogP contribution in [0, 0.1) is 5.92 Å². The average Bonchev–Trinajstić information content (AvgIpc) is 2.95. The SMILES string of the molecule is CS(=O)(=O)N1CCC[C@@H](C(=O)NC[C@@H]2Cc3ccccc3O2)C1. The zero-order valence-corrected chi connectivity index (χ0v) is 14.0. The van der Waals surface area contributed by atoms with Crippen molar-refractivity contribution in [3.05, 3.63) is 29.8 Å². The largest absolute Gasteiger partial charge is 0.488 e. The molecule has 2 heterocycles. The molecule has 1 aromatic carbocycles. The van der Waals surface area contributed by atoms with Crippen LogP contribution >= 0.6 is 0 Å². The van der Waals surface area contributed by atoms with Crippen LogP contribution in [0.2, 0.25) is 0 Å². The highest BCUT2D eigenvalue weighted by Gasteiger charge is 2.31. The van der Waals surface area contributed by atoms with Crippen molar-refractivity contribution in [2.75, 3.05) is 25.9 Å². The third-order valence-corrected chi connectivity index (χ3v) is 5.71. The summed E-state index contributed by atoms with van der Waals surface area (Å²) in [4.78, 5) is 12.3. The fraction of sp³-hybridized carbons (Fsp3) is 0.562. The number of piperidine rings is 1. The van der Waals surface area contributed by atoms with Crippen molar-refractivity contribution in [3.63, 3.8) is 0 Å². The quantitative estimate of drug-likeness (QED) is 0.880. The lowest BCUT2D eigenvalue weighted by Crippen LogP contribution is -2.46. The van der Waals surface area contributed by atoms with Crippen molar-refractivity contribution in [3.8, 4) is 5.75 Å². The van der Waals surface area contributed by atoms with Gasteiger partial charge in [0.25, 0.3) is 0 Å². The van der Waals surface area contributed by atoms with Crippen molar-refractivity contribution in [1.82, 2.24) is 9.62 Å². The summed E-state index contributed by atoms with van der Waals surface area (Å²) < 4.78 is 30.4. The van der Waals surface area contributed by atoms with E-state index in [-0.39, 0.29) is 24.5 Å². The first-order chi connectivity index (χ1) is 10.9. The molecule has 0 bridgehead atoms. The Balaban J connectivity index is 1.50. The normalized spacial score (nSPS) is 24.7. The maximum absolute atomic E-state index is 12.3. The minimum atomic E-state index is -3.23. The van der Waals surface area contributed by atoms with Gasteiger partial charge in [0.05, 0.1) is 18.7 Å². The summed E-state index contributed by atoms with van der Waals surface area (Å²) in [7, 11) is -3.23. The second-order valence-corrected chi connectivity index (χ2v) is 8.24. The number of fused-ring (bicyclic) bond motifs is 1. The number of carbonyl (C=O) groups is 1. The van der Waals surface area contributed by atoms with Crippen LogP contribution in [0.1, 0.15) is 18.4 Å². The predicted molar refractivity (Wildman–Crippen MR) is 86.7 cm³/mol. The fourth-order valence-electron chi connectivity index (χ4n) is 3.18. The van der Waals surface area contributed by atoms with Crippen molar-refractivity contribution in [2.24, 2.45) is 5.92 Å². The van der Waals surface area contributed by atoms with Crippen molar-refractivity contribution >= 4 is 15.9 Å². The second-order valence-electron chi connectivity index (χ2n) is 6.26. The Hall–Kier alpha value is -1.60. The lowest BCUT2D eigenvalue weighted by Gasteiger charge is -2.30. The minimum Gasteiger partial charge on any atom is -0.488 e. The summed E-state index contributed by atoms with van der Waals surface area (Å²) in [6, 6.07) is 7.87. The van der Waals surface area contributed by atoms with Gasteiger partial charge < -0.3 is 10.1 Å². The van der Waals surface area contributed by atoms with Crippen LogP contribution < -0.4 is 10.1 Å². The standard InChI is InChI=1S/C16H22N2O4S/c1-23(20,21)18-8-4-6-13(11-18)16(19)17-10-14-9-12-5-2-3-7-15(12)22-14/h2-3,5,7,13-14H,4,6,8-11H2,1H3,(H,17,19)/t13-,14+/m1/s1. The molecule has 1 saturated heterocycles. The van der Waals surface area contributed by atoms with E-state index in [0.29, 0.717) is 13.1 Å². The maximum Gasteiger partial charge on any atom is 0.224 e. The smallest absolute Gasteiger partial charge is 0.224 e. The van der Waals surface area contributed by atoms with E-state index < -0.39 is 10.0 Å². The third-order valence-electron chi connectivity index (χ3n) is 4.44. The summed E-state index contributed by atoms with van der Waals surface area (Å²) in [5.41, 5.74) is 1.16. The Bertz CT molecular complexity index is 664. The van der Waals surface area contributed by atoms with Gasteiger partial charge in [0.15, 0.2) is 0 Å². The van der Waals surface area contributed by atoms with Crippen LogP contribution in [0.3, 0.4) is 0 Å². The zero-order valence-electron chi connectivity index (χ0n) is 13.2. The van der Waals surface area contributed by atoms with Gasteiger partial charge in [-0.2, -0.15) is 0 Å². The molecule has 23 heavy (non-hydrogen) atoms. The first kappa shape index (κ1) is 16.3. The Labute approximate surface area is 136 Å². The Morgan fingerprint density at radius 3 is 2.91 bits per heavy atom. The maximum atomic E-state index is 12.3. The van der Waals surface area contributed by atoms with Gasteiger partial charge in [0, 0.05) is 19.5 Å². The van der Waals surface area contributed by atoms with Crippen LogP contribution in [-0.2, 0) is 21.2 Å². The fourth-order valence-corrected chi connectivity index (χ4v) is 4.10. The average molecular weight is 338 g/mol. The highest BCUT2D eigenvalue weighted by Crippen LogP contribution is 2.27. The summed E-state index contributed by atoms with van der Waals surface area (Å²) in [5.74, 6) is 0.521. The summed E-state index contributed by atoms with van der Waals surface area (Å²) in [6.07, 6.45) is 3.37. The number of amides is 1. The van der Waals surface area contributed by atoms with Gasteiger partial charge in [-0.1, -0.05) is 18.2 Å². The van der Waals surface area contributed by atoms with Crippen molar-refractivity contribution in [2.45, 2.75) is 25.4 Å². The van der Waals surface area contributed by atoms with Crippen LogP contribution in [0.15, 0.2) is 24.3 Å². The highest BCUT2D eigenvalue weighted by molar-refractivity contribution is 7.88. The molecule has 0 radical (unpaired) electrons. The van der Waals surface area contributed by atoms with E-state index in [1.54, 1.807) is 0 Å². The second kappa shape index (κ2) is 6.49. The molecule has 1 amide bonds. The number of para-hydroxylation sites is 1. The summed E-state index contributed by atoms with van der Waals surface area (Å²) in [6.45, 7) is 1.23. The van der Waals surface area contributed by atoms with E-state index in [1.807, 2.05) is 24.3 Å². The number of nitrogens with one attached hydrogen (secondary N) is 1. The number of benzene rings is 1. The lowest BCUT2D eigenvalue weighted by atomic mass is 9.98. The molecule has 1 fully saturated rings. The zero-order chi connectivity index (χ0) is 16.4. The first-order valence-corrected chi connectivity index (χ1v) is 9.75. The minimum absolute atomic E-state index is 0.0500. The number of ether oxygens (including phenoxy) is 1. The van der Waals surface area contributed by atoms with Gasteiger partial charge in [-0.05, 0) is 24.5 Å². The molecule has 0 spiro atoms. The molecule has 0 aliphatic carbocycles. The van der Waals surface area contributed by atoms with E-state index in [0.717, 1.165) is 30.6 Å². The number of sulfonamides is 1. The number of hydrogen-bond donors (Lipinski definition) is 1. The van der Waals surface area contributed by atoms with E-state index in [9.17, 15) is 13.2 Å². The van der Waals surface area contributed by atoms with Crippen LogP contribution in [-0.4, -0.2) is 50.6 Å². The molecule has 3 rings (SSSR count). The molecular formula is C16H22N2O4S. The van der Waals surface area contributed by atoms with Gasteiger partial charge in [-0.25, -0.2) is 12.7 Å². The Morgan fingerprint density at radius 2 is 2.17 bits per heavy atom. The molecule has 0 aromatic heterocycles. The topological polar surface area (TPSA) is 75.7 Å². The molecule has 0 saturated carbocycles. The molecule has 0 unspecified atom stereocenters. The van der Waals surface area contributed by atoms with Gasteiger partial charge in [-0.3, -0.25) is 4.79 Å². The van der Waals surface area contributed by atoms with Crippen molar-refractivity contribution in [1.29, 1.82) is 0 Å². The molecule has 2 aliphatic heterocycles. The van der Waals surface area contributed by atoms with Gasteiger partial charge in [-0.15, -0.1) is 0 Å². The summed E-state index contributed by atoms with van der Waals surface area (Å²) >= 11 is 0. The number of hydrogen-bond acceptors (Lipinski definition) is 4. The van der Waals surface area contributed by atoms with E-state index >= 15 is 0 Å².